The SMILES string of the molecule is CCC(=O)Oc1ccc(C2Nc3ccc4ccccc4c3C3=C2C(=O)CCC3)cc1OC. The third-order valence-electron chi connectivity index (χ3n) is 6.31. The summed E-state index contributed by atoms with van der Waals surface area (Å²) in [5.41, 5.74) is 5.04. The van der Waals surface area contributed by atoms with E-state index in [1.807, 2.05) is 24.3 Å². The number of methoxy groups -OCH3 is 1. The van der Waals surface area contributed by atoms with E-state index in [0.717, 1.165) is 46.2 Å². The molecule has 0 radical (unpaired) electrons. The number of ether oxygens (including phenoxy) is 2. The highest BCUT2D eigenvalue weighted by atomic mass is 16.6. The van der Waals surface area contributed by atoms with Crippen molar-refractivity contribution in [2.75, 3.05) is 12.4 Å². The molecule has 3 aromatic rings. The van der Waals surface area contributed by atoms with Crippen LogP contribution < -0.4 is 14.8 Å². The van der Waals surface area contributed by atoms with Crippen molar-refractivity contribution in [3.63, 3.8) is 0 Å². The molecular weight excluding hydrogens is 402 g/mol. The molecule has 1 heterocycles. The minimum Gasteiger partial charge on any atom is -0.493 e. The molecule has 1 atom stereocenters. The van der Waals surface area contributed by atoms with Gasteiger partial charge in [0.25, 0.3) is 0 Å². The number of fused-ring (bicyclic) bond motifs is 4. The Morgan fingerprint density at radius 3 is 2.72 bits per heavy atom. The Morgan fingerprint density at radius 2 is 1.91 bits per heavy atom. The smallest absolute Gasteiger partial charge is 0.311 e. The van der Waals surface area contributed by atoms with Gasteiger partial charge in [-0.2, -0.15) is 0 Å². The van der Waals surface area contributed by atoms with Crippen molar-refractivity contribution < 1.29 is 19.1 Å². The van der Waals surface area contributed by atoms with Gasteiger partial charge >= 0.3 is 5.97 Å². The van der Waals surface area contributed by atoms with Crippen LogP contribution in [-0.4, -0.2) is 18.9 Å². The number of anilines is 1. The third kappa shape index (κ3) is 3.34. The lowest BCUT2D eigenvalue weighted by Gasteiger charge is -2.35. The van der Waals surface area contributed by atoms with Crippen LogP contribution in [0, 0.1) is 0 Å². The fourth-order valence-electron chi connectivity index (χ4n) is 4.80. The average Bonchev–Trinajstić information content (AvgIpc) is 2.83. The zero-order valence-corrected chi connectivity index (χ0v) is 18.2. The molecule has 1 aliphatic carbocycles. The molecule has 0 bridgehead atoms. The van der Waals surface area contributed by atoms with Crippen LogP contribution in [0.1, 0.15) is 49.8 Å². The molecule has 0 saturated carbocycles. The first kappa shape index (κ1) is 20.3. The standard InChI is InChI=1S/C27H25NO4/c1-3-24(30)32-22-14-12-17(15-23(22)31-2)27-26-19(9-6-10-21(26)29)25-18-8-5-4-7-16(18)11-13-20(25)28-27/h4-5,7-8,11-15,27-28H,3,6,9-10H2,1-2H3. The second-order valence-corrected chi connectivity index (χ2v) is 8.19. The Hall–Kier alpha value is -3.60. The molecule has 0 saturated heterocycles. The highest BCUT2D eigenvalue weighted by molar-refractivity contribution is 6.12. The quantitative estimate of drug-likeness (QED) is 0.419. The maximum absolute atomic E-state index is 13.2. The van der Waals surface area contributed by atoms with Crippen LogP contribution in [0.5, 0.6) is 11.5 Å². The van der Waals surface area contributed by atoms with Gasteiger partial charge in [-0.25, -0.2) is 0 Å². The molecule has 0 fully saturated rings. The maximum atomic E-state index is 13.2. The molecular formula is C27H25NO4. The maximum Gasteiger partial charge on any atom is 0.311 e. The Balaban J connectivity index is 1.65. The molecule has 0 aromatic heterocycles. The average molecular weight is 428 g/mol. The van der Waals surface area contributed by atoms with Crippen molar-refractivity contribution in [1.82, 2.24) is 0 Å². The van der Waals surface area contributed by atoms with Gasteiger partial charge in [-0.05, 0) is 52.9 Å². The van der Waals surface area contributed by atoms with Crippen molar-refractivity contribution in [2.45, 2.75) is 38.6 Å². The summed E-state index contributed by atoms with van der Waals surface area (Å²) in [6.45, 7) is 1.75. The summed E-state index contributed by atoms with van der Waals surface area (Å²) in [6, 6.07) is 17.7. The van der Waals surface area contributed by atoms with Crippen LogP contribution in [0.4, 0.5) is 5.69 Å². The summed E-state index contributed by atoms with van der Waals surface area (Å²) < 4.78 is 10.9. The second-order valence-electron chi connectivity index (χ2n) is 8.19. The van der Waals surface area contributed by atoms with Crippen LogP contribution >= 0.6 is 0 Å². The molecule has 1 aliphatic heterocycles. The first-order valence-corrected chi connectivity index (χ1v) is 11.0. The molecule has 162 valence electrons. The molecule has 32 heavy (non-hydrogen) atoms. The predicted molar refractivity (Wildman–Crippen MR) is 125 cm³/mol. The molecule has 1 unspecified atom stereocenters. The van der Waals surface area contributed by atoms with Gasteiger partial charge in [0.1, 0.15) is 0 Å². The van der Waals surface area contributed by atoms with Gasteiger partial charge in [-0.3, -0.25) is 9.59 Å². The first-order valence-electron chi connectivity index (χ1n) is 11.0. The minimum absolute atomic E-state index is 0.183. The van der Waals surface area contributed by atoms with Crippen LogP contribution in [-0.2, 0) is 9.59 Å². The Morgan fingerprint density at radius 1 is 1.06 bits per heavy atom. The highest BCUT2D eigenvalue weighted by Crippen LogP contribution is 2.48. The lowest BCUT2D eigenvalue weighted by molar-refractivity contribution is -0.134. The largest absolute Gasteiger partial charge is 0.493 e. The zero-order valence-electron chi connectivity index (χ0n) is 18.2. The number of ketones is 1. The van der Waals surface area contributed by atoms with Crippen molar-refractivity contribution in [3.05, 3.63) is 71.3 Å². The number of hydrogen-bond acceptors (Lipinski definition) is 5. The van der Waals surface area contributed by atoms with Crippen molar-refractivity contribution in [2.24, 2.45) is 0 Å². The van der Waals surface area contributed by atoms with Crippen molar-refractivity contribution in [3.8, 4) is 11.5 Å². The van der Waals surface area contributed by atoms with Crippen LogP contribution in [0.3, 0.4) is 0 Å². The number of hydrogen-bond donors (Lipinski definition) is 1. The molecule has 5 heteroatoms. The Kier molecular flexibility index (Phi) is 5.17. The van der Waals surface area contributed by atoms with E-state index in [2.05, 4.69) is 29.6 Å². The van der Waals surface area contributed by atoms with E-state index in [0.29, 0.717) is 17.9 Å². The topological polar surface area (TPSA) is 64.6 Å². The summed E-state index contributed by atoms with van der Waals surface area (Å²) in [5, 5.41) is 5.95. The van der Waals surface area contributed by atoms with E-state index in [4.69, 9.17) is 9.47 Å². The molecule has 5 rings (SSSR count). The normalized spacial score (nSPS) is 17.4. The molecule has 1 N–H and O–H groups in total. The van der Waals surface area contributed by atoms with E-state index >= 15 is 0 Å². The number of rotatable bonds is 4. The minimum atomic E-state index is -0.319. The zero-order chi connectivity index (χ0) is 22.2. The van der Waals surface area contributed by atoms with E-state index < -0.39 is 0 Å². The lowest BCUT2D eigenvalue weighted by atomic mass is 9.77. The highest BCUT2D eigenvalue weighted by Gasteiger charge is 2.35. The molecule has 5 nitrogen and oxygen atoms in total. The second kappa shape index (κ2) is 8.15. The fraction of sp³-hybridized carbons (Fsp3) is 0.259. The number of nitrogens with one attached hydrogen (secondary N) is 1. The Labute approximate surface area is 187 Å². The summed E-state index contributed by atoms with van der Waals surface area (Å²) in [4.78, 5) is 24.9. The summed E-state index contributed by atoms with van der Waals surface area (Å²) in [7, 11) is 1.55. The summed E-state index contributed by atoms with van der Waals surface area (Å²) in [5.74, 6) is 0.721. The van der Waals surface area contributed by atoms with Gasteiger partial charge in [0.2, 0.25) is 0 Å². The number of carbonyl (C=O) groups excluding carboxylic acids is 2. The predicted octanol–water partition coefficient (Wildman–Crippen LogP) is 5.84. The summed E-state index contributed by atoms with van der Waals surface area (Å²) in [6.07, 6.45) is 2.58. The molecule has 0 spiro atoms. The fourth-order valence-corrected chi connectivity index (χ4v) is 4.80. The van der Waals surface area contributed by atoms with Crippen molar-refractivity contribution in [1.29, 1.82) is 0 Å². The number of allylic oxidation sites excluding steroid dienone is 1. The molecule has 3 aromatic carbocycles. The molecule has 0 amide bonds. The van der Waals surface area contributed by atoms with Crippen molar-refractivity contribution >= 4 is 33.8 Å². The number of carbonyl (C=O) groups is 2. The van der Waals surface area contributed by atoms with E-state index in [1.165, 1.54) is 5.39 Å². The number of esters is 1. The molecule has 2 aliphatic rings. The Bertz CT molecular complexity index is 1270. The first-order chi connectivity index (χ1) is 15.6. The van der Waals surface area contributed by atoms with Crippen LogP contribution in [0.2, 0.25) is 0 Å². The lowest BCUT2D eigenvalue weighted by Crippen LogP contribution is -2.27. The van der Waals surface area contributed by atoms with E-state index in [-0.39, 0.29) is 24.2 Å². The van der Waals surface area contributed by atoms with Gasteiger partial charge in [-0.15, -0.1) is 0 Å². The number of Topliss-reactive ketones (excluding diaryl/α,β-unsaturated/α-hetero) is 1. The van der Waals surface area contributed by atoms with Gasteiger partial charge in [-0.1, -0.05) is 43.3 Å². The third-order valence-corrected chi connectivity index (χ3v) is 6.31. The van der Waals surface area contributed by atoms with E-state index in [9.17, 15) is 9.59 Å². The van der Waals surface area contributed by atoms with Gasteiger partial charge in [0.15, 0.2) is 17.3 Å². The van der Waals surface area contributed by atoms with Crippen LogP contribution in [0.25, 0.3) is 16.3 Å². The summed E-state index contributed by atoms with van der Waals surface area (Å²) >= 11 is 0. The van der Waals surface area contributed by atoms with Crippen LogP contribution in [0.15, 0.2) is 60.2 Å². The van der Waals surface area contributed by atoms with Gasteiger partial charge in [0, 0.05) is 29.7 Å². The van der Waals surface area contributed by atoms with Gasteiger partial charge < -0.3 is 14.8 Å². The monoisotopic (exact) mass is 427 g/mol. The number of benzene rings is 3. The van der Waals surface area contributed by atoms with Gasteiger partial charge in [0.05, 0.1) is 13.2 Å². The van der Waals surface area contributed by atoms with E-state index in [1.54, 1.807) is 20.1 Å².